The van der Waals surface area contributed by atoms with Crippen molar-refractivity contribution in [2.45, 2.75) is 26.3 Å². The van der Waals surface area contributed by atoms with E-state index in [1.54, 1.807) is 25.1 Å². The molecule has 6 heteroatoms. The maximum absolute atomic E-state index is 10.9. The average Bonchev–Trinajstić information content (AvgIpc) is 2.32. The van der Waals surface area contributed by atoms with E-state index in [9.17, 15) is 9.59 Å². The van der Waals surface area contributed by atoms with Gasteiger partial charge in [0.05, 0.1) is 6.61 Å². The van der Waals surface area contributed by atoms with Gasteiger partial charge in [-0.1, -0.05) is 6.07 Å². The zero-order chi connectivity index (χ0) is 14.4. The van der Waals surface area contributed by atoms with Crippen molar-refractivity contribution in [1.82, 2.24) is 0 Å². The normalized spacial score (nSPS) is 11.7. The van der Waals surface area contributed by atoms with Crippen molar-refractivity contribution in [3.05, 3.63) is 23.8 Å². The standard InChI is InChI=1S/C13H17NO5/c1-3-18-12-7-9(6-10(14)13(16)17)4-5-11(12)19-8(2)15/h4-5,7,10H,3,6,14H2,1-2H3,(H,16,17). The molecule has 0 radical (unpaired) electrons. The Labute approximate surface area is 111 Å². The van der Waals surface area contributed by atoms with Crippen LogP contribution in [0.5, 0.6) is 11.5 Å². The molecule has 0 aliphatic rings. The second kappa shape index (κ2) is 6.75. The Balaban J connectivity index is 2.94. The molecule has 0 saturated heterocycles. The number of aliphatic carboxylic acids is 1. The van der Waals surface area contributed by atoms with Gasteiger partial charge in [0.15, 0.2) is 11.5 Å². The molecule has 3 N–H and O–H groups in total. The van der Waals surface area contributed by atoms with Crippen molar-refractivity contribution in [1.29, 1.82) is 0 Å². The molecule has 1 aromatic rings. The first kappa shape index (κ1) is 15.0. The van der Waals surface area contributed by atoms with Gasteiger partial charge in [0, 0.05) is 6.92 Å². The Morgan fingerprint density at radius 2 is 2.05 bits per heavy atom. The first-order valence-electron chi connectivity index (χ1n) is 5.86. The van der Waals surface area contributed by atoms with E-state index in [4.69, 9.17) is 20.3 Å². The molecule has 1 aromatic carbocycles. The quantitative estimate of drug-likeness (QED) is 0.588. The van der Waals surface area contributed by atoms with Crippen LogP contribution in [0.4, 0.5) is 0 Å². The van der Waals surface area contributed by atoms with Gasteiger partial charge in [-0.2, -0.15) is 0 Å². The number of hydrogen-bond donors (Lipinski definition) is 2. The summed E-state index contributed by atoms with van der Waals surface area (Å²) in [5.41, 5.74) is 6.17. The number of carbonyl (C=O) groups is 2. The zero-order valence-corrected chi connectivity index (χ0v) is 10.9. The Morgan fingerprint density at radius 1 is 1.37 bits per heavy atom. The molecule has 0 saturated carbocycles. The molecule has 0 spiro atoms. The average molecular weight is 267 g/mol. The van der Waals surface area contributed by atoms with Gasteiger partial charge in [-0.25, -0.2) is 0 Å². The molecule has 19 heavy (non-hydrogen) atoms. The molecule has 104 valence electrons. The highest BCUT2D eigenvalue weighted by molar-refractivity contribution is 5.73. The summed E-state index contributed by atoms with van der Waals surface area (Å²) in [4.78, 5) is 21.6. The van der Waals surface area contributed by atoms with Crippen LogP contribution in [-0.2, 0) is 16.0 Å². The number of hydrogen-bond acceptors (Lipinski definition) is 5. The van der Waals surface area contributed by atoms with Crippen LogP contribution in [0.1, 0.15) is 19.4 Å². The smallest absolute Gasteiger partial charge is 0.320 e. The molecule has 0 bridgehead atoms. The van der Waals surface area contributed by atoms with Crippen LogP contribution in [0.2, 0.25) is 0 Å². The summed E-state index contributed by atoms with van der Waals surface area (Å²) in [5.74, 6) is -0.812. The molecule has 0 amide bonds. The Morgan fingerprint density at radius 3 is 2.58 bits per heavy atom. The van der Waals surface area contributed by atoms with E-state index in [0.29, 0.717) is 23.7 Å². The van der Waals surface area contributed by atoms with Crippen LogP contribution in [0.25, 0.3) is 0 Å². The molecule has 1 unspecified atom stereocenters. The lowest BCUT2D eigenvalue weighted by atomic mass is 10.1. The minimum Gasteiger partial charge on any atom is -0.490 e. The van der Waals surface area contributed by atoms with Crippen LogP contribution in [0.15, 0.2) is 18.2 Å². The lowest BCUT2D eigenvalue weighted by Gasteiger charge is -2.12. The third-order valence-corrected chi connectivity index (χ3v) is 2.33. The fourth-order valence-corrected chi connectivity index (χ4v) is 1.53. The van der Waals surface area contributed by atoms with Crippen molar-refractivity contribution in [3.8, 4) is 11.5 Å². The van der Waals surface area contributed by atoms with E-state index in [2.05, 4.69) is 0 Å². The van der Waals surface area contributed by atoms with Crippen LogP contribution >= 0.6 is 0 Å². The third-order valence-electron chi connectivity index (χ3n) is 2.33. The fourth-order valence-electron chi connectivity index (χ4n) is 1.53. The lowest BCUT2D eigenvalue weighted by Crippen LogP contribution is -2.32. The van der Waals surface area contributed by atoms with Crippen LogP contribution in [0.3, 0.4) is 0 Å². The maximum Gasteiger partial charge on any atom is 0.320 e. The Hall–Kier alpha value is -2.08. The topological polar surface area (TPSA) is 98.8 Å². The van der Waals surface area contributed by atoms with Gasteiger partial charge in [0.2, 0.25) is 0 Å². The van der Waals surface area contributed by atoms with Crippen molar-refractivity contribution >= 4 is 11.9 Å². The minimum atomic E-state index is -1.07. The second-order valence-corrected chi connectivity index (χ2v) is 3.96. The minimum absolute atomic E-state index is 0.176. The number of nitrogens with two attached hydrogens (primary N) is 1. The highest BCUT2D eigenvalue weighted by Crippen LogP contribution is 2.29. The molecule has 1 rings (SSSR count). The monoisotopic (exact) mass is 267 g/mol. The zero-order valence-electron chi connectivity index (χ0n) is 10.9. The third kappa shape index (κ3) is 4.59. The number of benzene rings is 1. The van der Waals surface area contributed by atoms with Crippen LogP contribution < -0.4 is 15.2 Å². The maximum atomic E-state index is 10.9. The second-order valence-electron chi connectivity index (χ2n) is 3.96. The SMILES string of the molecule is CCOc1cc(CC(N)C(=O)O)ccc1OC(C)=O. The van der Waals surface area contributed by atoms with Gasteiger partial charge in [0.1, 0.15) is 6.04 Å². The predicted molar refractivity (Wildman–Crippen MR) is 68.2 cm³/mol. The molecule has 0 fully saturated rings. The summed E-state index contributed by atoms with van der Waals surface area (Å²) >= 11 is 0. The van der Waals surface area contributed by atoms with Gasteiger partial charge < -0.3 is 20.3 Å². The van der Waals surface area contributed by atoms with Gasteiger partial charge in [-0.15, -0.1) is 0 Å². The number of carboxylic acid groups (broad SMARTS) is 1. The van der Waals surface area contributed by atoms with E-state index in [0.717, 1.165) is 0 Å². The van der Waals surface area contributed by atoms with Crippen molar-refractivity contribution in [2.24, 2.45) is 5.73 Å². The van der Waals surface area contributed by atoms with E-state index in [1.165, 1.54) is 6.92 Å². The van der Waals surface area contributed by atoms with Gasteiger partial charge in [-0.05, 0) is 31.0 Å². The summed E-state index contributed by atoms with van der Waals surface area (Å²) < 4.78 is 10.3. The largest absolute Gasteiger partial charge is 0.490 e. The summed E-state index contributed by atoms with van der Waals surface area (Å²) in [7, 11) is 0. The molecule has 6 nitrogen and oxygen atoms in total. The molecular weight excluding hydrogens is 250 g/mol. The van der Waals surface area contributed by atoms with Gasteiger partial charge in [-0.3, -0.25) is 9.59 Å². The van der Waals surface area contributed by atoms with E-state index in [1.807, 2.05) is 0 Å². The van der Waals surface area contributed by atoms with Crippen LogP contribution in [-0.4, -0.2) is 29.7 Å². The first-order chi connectivity index (χ1) is 8.93. The Kier molecular flexibility index (Phi) is 5.32. The molecule has 1 atom stereocenters. The number of carbonyl (C=O) groups excluding carboxylic acids is 1. The van der Waals surface area contributed by atoms with Gasteiger partial charge in [0.25, 0.3) is 0 Å². The highest BCUT2D eigenvalue weighted by Gasteiger charge is 2.14. The van der Waals surface area contributed by atoms with Crippen LogP contribution in [0, 0.1) is 0 Å². The summed E-state index contributed by atoms with van der Waals surface area (Å²) in [6, 6.07) is 3.87. The van der Waals surface area contributed by atoms with E-state index >= 15 is 0 Å². The van der Waals surface area contributed by atoms with Crippen molar-refractivity contribution in [2.75, 3.05) is 6.61 Å². The summed E-state index contributed by atoms with van der Waals surface area (Å²) in [6.07, 6.45) is 0.176. The molecule has 0 aliphatic carbocycles. The fraction of sp³-hybridized carbons (Fsp3) is 0.385. The van der Waals surface area contributed by atoms with E-state index in [-0.39, 0.29) is 6.42 Å². The summed E-state index contributed by atoms with van der Waals surface area (Å²) in [6.45, 7) is 3.50. The van der Waals surface area contributed by atoms with Crippen molar-refractivity contribution in [3.63, 3.8) is 0 Å². The molecular formula is C13H17NO5. The summed E-state index contributed by atoms with van der Waals surface area (Å²) in [5, 5.41) is 8.76. The highest BCUT2D eigenvalue weighted by atomic mass is 16.6. The van der Waals surface area contributed by atoms with E-state index < -0.39 is 18.0 Å². The number of esters is 1. The molecule has 0 aliphatic heterocycles. The van der Waals surface area contributed by atoms with Crippen molar-refractivity contribution < 1.29 is 24.2 Å². The molecule has 0 aromatic heterocycles. The predicted octanol–water partition coefficient (Wildman–Crippen LogP) is 0.965. The number of carboxylic acids is 1. The number of ether oxygens (including phenoxy) is 2. The van der Waals surface area contributed by atoms with Gasteiger partial charge >= 0.3 is 11.9 Å². The number of rotatable bonds is 6. The first-order valence-corrected chi connectivity index (χ1v) is 5.86. The Bertz CT molecular complexity index is 472. The molecule has 0 heterocycles. The lowest BCUT2D eigenvalue weighted by molar-refractivity contribution is -0.138.